The first-order valence-corrected chi connectivity index (χ1v) is 21.3. The molecule has 3 aliphatic rings. The van der Waals surface area contributed by atoms with Crippen LogP contribution in [0.2, 0.25) is 0 Å². The van der Waals surface area contributed by atoms with Crippen molar-refractivity contribution in [3.63, 3.8) is 0 Å². The topological polar surface area (TPSA) is 172 Å². The summed E-state index contributed by atoms with van der Waals surface area (Å²) in [5.74, 6) is -2.49. The maximum atomic E-state index is 14.8. The molecular formula is C45H65N5O10. The van der Waals surface area contributed by atoms with Gasteiger partial charge in [-0.15, -0.1) is 6.42 Å². The van der Waals surface area contributed by atoms with Crippen molar-refractivity contribution in [2.75, 3.05) is 27.2 Å². The van der Waals surface area contributed by atoms with Crippen LogP contribution < -0.4 is 0 Å². The van der Waals surface area contributed by atoms with E-state index in [-0.39, 0.29) is 31.3 Å². The molecule has 3 aliphatic heterocycles. The Balaban J connectivity index is 1.43. The van der Waals surface area contributed by atoms with E-state index in [9.17, 15) is 24.3 Å². The second-order valence-electron chi connectivity index (χ2n) is 17.5. The van der Waals surface area contributed by atoms with Crippen LogP contribution in [-0.2, 0) is 44.6 Å². The number of carbonyl (C=O) groups excluding carboxylic acids is 4. The van der Waals surface area contributed by atoms with E-state index in [0.29, 0.717) is 32.4 Å². The Kier molecular flexibility index (Phi) is 15.4. The minimum atomic E-state index is -1.41. The van der Waals surface area contributed by atoms with Gasteiger partial charge in [-0.05, 0) is 79.0 Å². The maximum Gasteiger partial charge on any atom is 0.410 e. The van der Waals surface area contributed by atoms with Crippen molar-refractivity contribution >= 4 is 23.6 Å². The fourth-order valence-electron chi connectivity index (χ4n) is 9.62. The van der Waals surface area contributed by atoms with E-state index in [4.69, 9.17) is 30.1 Å². The summed E-state index contributed by atoms with van der Waals surface area (Å²) in [4.78, 5) is 69.2. The molecule has 1 amide bonds. The maximum absolute atomic E-state index is 14.8. The van der Waals surface area contributed by atoms with Gasteiger partial charge in [0.2, 0.25) is 0 Å². The molecule has 15 heteroatoms. The number of unbranched alkanes of at least 4 members (excludes halogenated alkanes) is 1. The lowest BCUT2D eigenvalue weighted by Gasteiger charge is -2.47. The smallest absolute Gasteiger partial charge is 0.410 e. The van der Waals surface area contributed by atoms with Crippen molar-refractivity contribution in [3.05, 3.63) is 37.1 Å². The van der Waals surface area contributed by atoms with Gasteiger partial charge in [-0.25, -0.2) is 9.78 Å². The summed E-state index contributed by atoms with van der Waals surface area (Å²) in [7, 11) is 3.30. The molecule has 2 aromatic rings. The van der Waals surface area contributed by atoms with Crippen LogP contribution >= 0.6 is 0 Å². The lowest BCUT2D eigenvalue weighted by molar-refractivity contribution is -0.295. The molecule has 330 valence electrons. The number of aryl methyl sites for hydroxylation is 1. The van der Waals surface area contributed by atoms with Crippen molar-refractivity contribution in [2.45, 2.75) is 148 Å². The van der Waals surface area contributed by atoms with Gasteiger partial charge in [-0.3, -0.25) is 24.3 Å². The molecule has 5 heterocycles. The molecule has 0 aliphatic carbocycles. The number of esters is 1. The van der Waals surface area contributed by atoms with Crippen LogP contribution in [0.4, 0.5) is 4.79 Å². The van der Waals surface area contributed by atoms with Crippen LogP contribution in [0.25, 0.3) is 11.3 Å². The Bertz CT molecular complexity index is 1850. The van der Waals surface area contributed by atoms with Crippen molar-refractivity contribution in [1.82, 2.24) is 24.3 Å². The van der Waals surface area contributed by atoms with Gasteiger partial charge in [0.15, 0.2) is 17.7 Å². The Morgan fingerprint density at radius 2 is 1.78 bits per heavy atom. The van der Waals surface area contributed by atoms with Gasteiger partial charge in [0, 0.05) is 68.1 Å². The number of hydrogen-bond acceptors (Lipinski definition) is 13. The normalized spacial score (nSPS) is 35.7. The van der Waals surface area contributed by atoms with Gasteiger partial charge >= 0.3 is 12.1 Å². The second kappa shape index (κ2) is 19.7. The molecule has 0 bridgehead atoms. The summed E-state index contributed by atoms with van der Waals surface area (Å²) in [5, 5.41) is 11.6. The van der Waals surface area contributed by atoms with E-state index >= 15 is 0 Å². The monoisotopic (exact) mass is 835 g/mol. The van der Waals surface area contributed by atoms with Crippen LogP contribution in [0.15, 0.2) is 37.1 Å². The minimum absolute atomic E-state index is 0.105. The highest BCUT2D eigenvalue weighted by Gasteiger charge is 2.60. The van der Waals surface area contributed by atoms with E-state index in [1.807, 2.05) is 48.7 Å². The zero-order valence-corrected chi connectivity index (χ0v) is 36.9. The number of likely N-dealkylation sites (N-methyl/N-ethyl adjacent to an activating group) is 1. The van der Waals surface area contributed by atoms with Crippen molar-refractivity contribution < 1.29 is 48.0 Å². The number of fused-ring (bicyclic) bond motifs is 1. The number of aliphatic hydroxyl groups excluding tert-OH is 1. The number of Topliss-reactive ketones (excluding diaryl/α,β-unsaturated/α-hetero) is 2. The van der Waals surface area contributed by atoms with Crippen LogP contribution in [0.3, 0.4) is 0 Å². The molecule has 3 saturated heterocycles. The third-order valence-electron chi connectivity index (χ3n) is 13.1. The first-order valence-electron chi connectivity index (χ1n) is 21.3. The summed E-state index contributed by atoms with van der Waals surface area (Å²) < 4.78 is 33.3. The van der Waals surface area contributed by atoms with Crippen LogP contribution in [0.5, 0.6) is 0 Å². The van der Waals surface area contributed by atoms with Gasteiger partial charge in [-0.1, -0.05) is 33.6 Å². The van der Waals surface area contributed by atoms with E-state index in [1.165, 1.54) is 14.0 Å². The number of amides is 1. The first kappa shape index (κ1) is 46.9. The number of terminal acetylenes is 1. The molecule has 2 aromatic heterocycles. The number of cyclic esters (lactones) is 1. The fourth-order valence-corrected chi connectivity index (χ4v) is 9.62. The van der Waals surface area contributed by atoms with Gasteiger partial charge in [-0.2, -0.15) is 0 Å². The number of aromatic nitrogens is 3. The Hall–Kier alpha value is -4.20. The minimum Gasteiger partial charge on any atom is -0.458 e. The predicted molar refractivity (Wildman–Crippen MR) is 222 cm³/mol. The van der Waals surface area contributed by atoms with Gasteiger partial charge in [0.1, 0.15) is 23.9 Å². The predicted octanol–water partition coefficient (Wildman–Crippen LogP) is 4.93. The third-order valence-corrected chi connectivity index (χ3v) is 13.1. The molecule has 60 heavy (non-hydrogen) atoms. The van der Waals surface area contributed by atoms with E-state index in [2.05, 4.69) is 15.9 Å². The number of carbonyl (C=O) groups is 4. The van der Waals surface area contributed by atoms with Crippen LogP contribution in [0, 0.1) is 36.0 Å². The number of rotatable bonds is 12. The molecule has 15 nitrogen and oxygen atoms in total. The number of aliphatic hydroxyl groups is 1. The average molecular weight is 836 g/mol. The molecule has 0 unspecified atom stereocenters. The molecule has 1 N–H and O–H groups in total. The summed E-state index contributed by atoms with van der Waals surface area (Å²) in [6.45, 7) is 15.1. The highest BCUT2D eigenvalue weighted by atomic mass is 16.7. The Labute approximate surface area is 354 Å². The van der Waals surface area contributed by atoms with Gasteiger partial charge in [0.25, 0.3) is 0 Å². The van der Waals surface area contributed by atoms with Gasteiger partial charge < -0.3 is 38.3 Å². The fraction of sp³-hybridized carbons (Fsp3) is 0.689. The van der Waals surface area contributed by atoms with Crippen molar-refractivity contribution in [3.8, 4) is 23.6 Å². The van der Waals surface area contributed by atoms with Crippen LogP contribution in [-0.4, -0.2) is 134 Å². The summed E-state index contributed by atoms with van der Waals surface area (Å²) in [5.41, 5.74) is -0.996. The van der Waals surface area contributed by atoms with Crippen molar-refractivity contribution in [1.29, 1.82) is 0 Å². The lowest BCUT2D eigenvalue weighted by Crippen LogP contribution is -2.60. The van der Waals surface area contributed by atoms with E-state index in [0.717, 1.165) is 11.3 Å². The molecule has 0 aromatic carbocycles. The molecule has 3 fully saturated rings. The zero-order valence-electron chi connectivity index (χ0n) is 36.9. The molecule has 0 spiro atoms. The third kappa shape index (κ3) is 9.79. The summed E-state index contributed by atoms with van der Waals surface area (Å²) in [6, 6.07) is 2.60. The Morgan fingerprint density at radius 1 is 1.07 bits per heavy atom. The van der Waals surface area contributed by atoms with E-state index in [1.54, 1.807) is 58.2 Å². The average Bonchev–Trinajstić information content (AvgIpc) is 3.81. The molecular weight excluding hydrogens is 771 g/mol. The SMILES string of the molecule is C#CCN(C)[C@H]1C[C@@H](C)O[C@@H](O[C@@H]2[C@@H](C)C(=O)[C@@H](C)C(=O)O[C@H](CC)[C@@]3(C)OC(=O)N(CCCCn4cnc(-c5cccnc5)c4)[C@H]3[C@@H](C)C(=O)[C@H](C)C[C@@]2(C)OC)[C@@H]1O. The quantitative estimate of drug-likeness (QED) is 0.132. The number of pyridine rings is 1. The van der Waals surface area contributed by atoms with E-state index < -0.39 is 89.4 Å². The number of methoxy groups -OCH3 is 1. The zero-order chi connectivity index (χ0) is 44.1. The van der Waals surface area contributed by atoms with Crippen molar-refractivity contribution in [2.24, 2.45) is 23.7 Å². The summed E-state index contributed by atoms with van der Waals surface area (Å²) >= 11 is 0. The van der Waals surface area contributed by atoms with Crippen LogP contribution in [0.1, 0.15) is 87.5 Å². The number of ether oxygens (including phenoxy) is 5. The highest BCUT2D eigenvalue weighted by Crippen LogP contribution is 2.43. The Morgan fingerprint density at radius 3 is 2.43 bits per heavy atom. The van der Waals surface area contributed by atoms with Gasteiger partial charge in [0.05, 0.1) is 42.4 Å². The lowest BCUT2D eigenvalue weighted by atomic mass is 9.73. The first-order chi connectivity index (χ1) is 28.4. The molecule has 0 saturated carbocycles. The second-order valence-corrected chi connectivity index (χ2v) is 17.5. The summed E-state index contributed by atoms with van der Waals surface area (Å²) in [6.07, 6.45) is 9.62. The standard InChI is InChI=1S/C45H65N5O10/c1-12-19-48(10)34-22-28(4)57-42(38(34)53)59-40-30(6)37(52)31(7)41(54)58-35(13-2)45(9)39(29(5)36(51)27(3)23-44(40,8)56-11)50(43(55)60-45)21-15-14-20-49-25-33(47-26-49)32-17-16-18-46-24-32/h1,16-18,24-31,34-35,38-40,42,53H,13-15,19-23H2,2-11H3/t27-,28-,29+,30+,31-,34+,35-,38-,39+,40-,42+,44-,45-/m1/s1. The number of ketones is 2. The number of nitrogens with zero attached hydrogens (tertiary/aromatic N) is 5. The molecule has 5 rings (SSSR count). The highest BCUT2D eigenvalue weighted by molar-refractivity contribution is 6.00. The molecule has 13 atom stereocenters. The molecule has 0 radical (unpaired) electrons. The largest absolute Gasteiger partial charge is 0.458 e. The number of hydrogen-bond donors (Lipinski definition) is 1. The number of imidazole rings is 1.